The highest BCUT2D eigenvalue weighted by atomic mass is 35.5. The molecule has 1 fully saturated rings. The number of methoxy groups -OCH3 is 1. The highest BCUT2D eigenvalue weighted by molar-refractivity contribution is 8.27. The minimum absolute atomic E-state index is 0.157. The van der Waals surface area contributed by atoms with Gasteiger partial charge in [-0.1, -0.05) is 65.9 Å². The molecule has 2 aliphatic heterocycles. The summed E-state index contributed by atoms with van der Waals surface area (Å²) in [6.07, 6.45) is 1.74. The molecule has 0 bridgehead atoms. The molecule has 0 atom stereocenters. The third kappa shape index (κ3) is 4.44. The Labute approximate surface area is 211 Å². The number of thiocarbonyl (C=S) groups is 1. The van der Waals surface area contributed by atoms with E-state index in [1.165, 1.54) is 16.7 Å². The largest absolute Gasteiger partial charge is 0.493 e. The quantitative estimate of drug-likeness (QED) is 0.294. The van der Waals surface area contributed by atoms with Gasteiger partial charge in [0.2, 0.25) is 6.79 Å². The molecular formula is C25H18ClNO5S2. The zero-order valence-corrected chi connectivity index (χ0v) is 20.3. The summed E-state index contributed by atoms with van der Waals surface area (Å²) >= 11 is 13.2. The molecule has 0 N–H and O–H groups in total. The number of thioether (sulfide) groups is 1. The first kappa shape index (κ1) is 22.6. The second-order valence-electron chi connectivity index (χ2n) is 7.36. The zero-order chi connectivity index (χ0) is 23.7. The van der Waals surface area contributed by atoms with Gasteiger partial charge in [-0.2, -0.15) is 0 Å². The molecule has 3 aromatic rings. The van der Waals surface area contributed by atoms with E-state index >= 15 is 0 Å². The summed E-state index contributed by atoms with van der Waals surface area (Å²) in [5.74, 6) is 1.91. The first-order chi connectivity index (χ1) is 16.5. The fourth-order valence-corrected chi connectivity index (χ4v) is 5.13. The first-order valence-corrected chi connectivity index (χ1v) is 11.9. The Morgan fingerprint density at radius 3 is 2.71 bits per heavy atom. The van der Waals surface area contributed by atoms with Crippen LogP contribution < -0.4 is 23.8 Å². The van der Waals surface area contributed by atoms with E-state index in [9.17, 15) is 4.79 Å². The van der Waals surface area contributed by atoms with E-state index in [0.29, 0.717) is 55.1 Å². The molecule has 0 aliphatic carbocycles. The van der Waals surface area contributed by atoms with E-state index < -0.39 is 0 Å². The standard InChI is InChI=1S/C25H18ClNO5S2/c1-29-21-10-16(9-18(26)23(21)30-13-15-5-3-2-4-6-15)11-22-24(28)27(25(33)34-22)17-7-8-19-20(12-17)32-14-31-19/h2-12H,13-14H2,1H3/b22-11+. The van der Waals surface area contributed by atoms with Crippen LogP contribution in [0.5, 0.6) is 23.0 Å². The van der Waals surface area contributed by atoms with Crippen LogP contribution in [-0.2, 0) is 11.4 Å². The number of carbonyl (C=O) groups excluding carboxylic acids is 1. The van der Waals surface area contributed by atoms with Crippen molar-refractivity contribution in [1.29, 1.82) is 0 Å². The number of benzene rings is 3. The predicted molar refractivity (Wildman–Crippen MR) is 137 cm³/mol. The molecule has 9 heteroatoms. The topological polar surface area (TPSA) is 57.2 Å². The molecule has 0 saturated carbocycles. The van der Waals surface area contributed by atoms with Gasteiger partial charge >= 0.3 is 0 Å². The van der Waals surface area contributed by atoms with Crippen LogP contribution in [0.1, 0.15) is 11.1 Å². The monoisotopic (exact) mass is 511 g/mol. The summed E-state index contributed by atoms with van der Waals surface area (Å²) in [4.78, 5) is 15.1. The van der Waals surface area contributed by atoms with Crippen LogP contribution >= 0.6 is 35.6 Å². The second kappa shape index (κ2) is 9.58. The zero-order valence-electron chi connectivity index (χ0n) is 17.9. The summed E-state index contributed by atoms with van der Waals surface area (Å²) in [5, 5.41) is 0.382. The van der Waals surface area contributed by atoms with Gasteiger partial charge in [-0.15, -0.1) is 0 Å². The lowest BCUT2D eigenvalue weighted by Gasteiger charge is -2.15. The Balaban J connectivity index is 1.39. The van der Waals surface area contributed by atoms with Crippen molar-refractivity contribution in [3.63, 3.8) is 0 Å². The molecule has 0 spiro atoms. The molecule has 1 saturated heterocycles. The number of hydrogen-bond donors (Lipinski definition) is 0. The number of ether oxygens (including phenoxy) is 4. The third-order valence-electron chi connectivity index (χ3n) is 5.18. The Morgan fingerprint density at radius 2 is 1.91 bits per heavy atom. The van der Waals surface area contributed by atoms with Crippen molar-refractivity contribution in [1.82, 2.24) is 0 Å². The average molecular weight is 512 g/mol. The molecule has 0 unspecified atom stereocenters. The number of nitrogens with zero attached hydrogens (tertiary/aromatic N) is 1. The van der Waals surface area contributed by atoms with E-state index in [-0.39, 0.29) is 12.7 Å². The van der Waals surface area contributed by atoms with Gasteiger partial charge in [-0.25, -0.2) is 0 Å². The number of hydrogen-bond acceptors (Lipinski definition) is 7. The number of fused-ring (bicyclic) bond motifs is 1. The van der Waals surface area contributed by atoms with Crippen molar-refractivity contribution in [2.45, 2.75) is 6.61 Å². The van der Waals surface area contributed by atoms with Gasteiger partial charge in [-0.3, -0.25) is 9.69 Å². The van der Waals surface area contributed by atoms with Crippen LogP contribution in [-0.4, -0.2) is 24.1 Å². The minimum atomic E-state index is -0.228. The maximum Gasteiger partial charge on any atom is 0.270 e. The van der Waals surface area contributed by atoms with Crippen molar-refractivity contribution >= 4 is 57.6 Å². The smallest absolute Gasteiger partial charge is 0.270 e. The van der Waals surface area contributed by atoms with Crippen LogP contribution in [0.25, 0.3) is 6.08 Å². The Bertz CT molecular complexity index is 1310. The van der Waals surface area contributed by atoms with Crippen molar-refractivity contribution < 1.29 is 23.7 Å². The van der Waals surface area contributed by atoms with E-state index in [2.05, 4.69) is 0 Å². The second-order valence-corrected chi connectivity index (χ2v) is 9.45. The summed E-state index contributed by atoms with van der Waals surface area (Å²) in [5.41, 5.74) is 2.33. The Morgan fingerprint density at radius 1 is 1.12 bits per heavy atom. The van der Waals surface area contributed by atoms with Crippen LogP contribution in [0.4, 0.5) is 5.69 Å². The van der Waals surface area contributed by atoms with E-state index in [1.54, 1.807) is 43.5 Å². The fraction of sp³-hybridized carbons (Fsp3) is 0.120. The lowest BCUT2D eigenvalue weighted by molar-refractivity contribution is -0.113. The van der Waals surface area contributed by atoms with Crippen LogP contribution in [0.2, 0.25) is 5.02 Å². The minimum Gasteiger partial charge on any atom is -0.493 e. The molecule has 5 rings (SSSR count). The molecule has 34 heavy (non-hydrogen) atoms. The molecule has 2 aliphatic rings. The van der Waals surface area contributed by atoms with Crippen LogP contribution in [0.15, 0.2) is 65.6 Å². The van der Waals surface area contributed by atoms with Gasteiger partial charge in [-0.05, 0) is 41.5 Å². The maximum absolute atomic E-state index is 13.2. The summed E-state index contributed by atoms with van der Waals surface area (Å²) in [6, 6.07) is 18.6. The van der Waals surface area contributed by atoms with Gasteiger partial charge in [0.1, 0.15) is 6.61 Å². The number of rotatable bonds is 6. The lowest BCUT2D eigenvalue weighted by atomic mass is 10.1. The van der Waals surface area contributed by atoms with Gasteiger partial charge in [0.15, 0.2) is 27.3 Å². The maximum atomic E-state index is 13.2. The number of amides is 1. The third-order valence-corrected chi connectivity index (χ3v) is 6.77. The molecule has 172 valence electrons. The number of anilines is 1. The molecule has 0 aromatic heterocycles. The fourth-order valence-electron chi connectivity index (χ4n) is 3.56. The Kier molecular flexibility index (Phi) is 6.36. The molecule has 2 heterocycles. The summed E-state index contributed by atoms with van der Waals surface area (Å²) < 4.78 is 22.6. The van der Waals surface area contributed by atoms with Gasteiger partial charge in [0.05, 0.1) is 22.7 Å². The number of carbonyl (C=O) groups is 1. The summed E-state index contributed by atoms with van der Waals surface area (Å²) in [6.45, 7) is 0.509. The average Bonchev–Trinajstić information content (AvgIpc) is 3.41. The number of halogens is 1. The SMILES string of the molecule is COc1cc(/C=C2/SC(=S)N(c3ccc4c(c3)OCO4)C2=O)cc(Cl)c1OCc1ccccc1. The van der Waals surface area contributed by atoms with Gasteiger partial charge in [0.25, 0.3) is 5.91 Å². The lowest BCUT2D eigenvalue weighted by Crippen LogP contribution is -2.27. The van der Waals surface area contributed by atoms with Crippen LogP contribution in [0, 0.1) is 0 Å². The van der Waals surface area contributed by atoms with Crippen LogP contribution in [0.3, 0.4) is 0 Å². The van der Waals surface area contributed by atoms with E-state index in [1.807, 2.05) is 30.3 Å². The van der Waals surface area contributed by atoms with Gasteiger partial charge < -0.3 is 18.9 Å². The molecule has 6 nitrogen and oxygen atoms in total. The Hall–Kier alpha value is -3.20. The molecule has 1 amide bonds. The van der Waals surface area contributed by atoms with Crippen molar-refractivity contribution in [2.75, 3.05) is 18.8 Å². The molecular weight excluding hydrogens is 494 g/mol. The first-order valence-electron chi connectivity index (χ1n) is 10.3. The van der Waals surface area contributed by atoms with E-state index in [0.717, 1.165) is 5.56 Å². The normalized spacial score (nSPS) is 15.8. The van der Waals surface area contributed by atoms with Crippen molar-refractivity contribution in [3.8, 4) is 23.0 Å². The van der Waals surface area contributed by atoms with E-state index in [4.69, 9.17) is 42.8 Å². The van der Waals surface area contributed by atoms with Crippen molar-refractivity contribution in [2.24, 2.45) is 0 Å². The highest BCUT2D eigenvalue weighted by Gasteiger charge is 2.34. The molecule has 3 aromatic carbocycles. The summed E-state index contributed by atoms with van der Waals surface area (Å²) in [7, 11) is 1.55. The molecule has 0 radical (unpaired) electrons. The predicted octanol–water partition coefficient (Wildman–Crippen LogP) is 6.06. The van der Waals surface area contributed by atoms with Crippen molar-refractivity contribution in [3.05, 3.63) is 81.7 Å². The van der Waals surface area contributed by atoms with Gasteiger partial charge in [0, 0.05) is 6.07 Å². The highest BCUT2D eigenvalue weighted by Crippen LogP contribution is 2.42.